The van der Waals surface area contributed by atoms with Gasteiger partial charge in [0, 0.05) is 11.8 Å². The molecule has 4 aliphatic carbocycles. The molecule has 6 rings (SSSR count). The van der Waals surface area contributed by atoms with Crippen LogP contribution in [0.25, 0.3) is 11.3 Å². The molecule has 4 heteroatoms. The summed E-state index contributed by atoms with van der Waals surface area (Å²) >= 11 is 0. The molecule has 0 unspecified atom stereocenters. The van der Waals surface area contributed by atoms with Crippen LogP contribution in [0.5, 0.6) is 5.75 Å². The lowest BCUT2D eigenvalue weighted by Gasteiger charge is -2.55. The third kappa shape index (κ3) is 3.27. The molecule has 0 atom stereocenters. The zero-order chi connectivity index (χ0) is 17.7. The molecule has 1 heterocycles. The number of esters is 1. The standard InChI is InChI=1S/C23H25NO2.ClH/c1-15-4-6-19(7-5-15)21-20(3-2-8-24-21)26-22(25)23-12-16-9-17(13-23)11-18(10-16)14-23;/h2-8,16-18H,9-14H2,1H3;1H. The molecule has 2 aromatic rings. The van der Waals surface area contributed by atoms with Crippen LogP contribution in [0.15, 0.2) is 42.6 Å². The number of rotatable bonds is 3. The van der Waals surface area contributed by atoms with E-state index in [9.17, 15) is 4.79 Å². The smallest absolute Gasteiger partial charge is 0.317 e. The fourth-order valence-corrected chi connectivity index (χ4v) is 5.97. The van der Waals surface area contributed by atoms with Crippen molar-refractivity contribution in [1.29, 1.82) is 0 Å². The number of benzene rings is 1. The zero-order valence-electron chi connectivity index (χ0n) is 15.7. The number of hydrogen-bond donors (Lipinski definition) is 0. The highest BCUT2D eigenvalue weighted by Crippen LogP contribution is 2.60. The Morgan fingerprint density at radius 2 is 1.59 bits per heavy atom. The Balaban J connectivity index is 0.00000180. The summed E-state index contributed by atoms with van der Waals surface area (Å²) in [5.41, 5.74) is 2.71. The maximum absolute atomic E-state index is 13.3. The van der Waals surface area contributed by atoms with Gasteiger partial charge in [0.2, 0.25) is 0 Å². The first kappa shape index (κ1) is 18.5. The molecule has 27 heavy (non-hydrogen) atoms. The van der Waals surface area contributed by atoms with Gasteiger partial charge in [-0.25, -0.2) is 0 Å². The van der Waals surface area contributed by atoms with Crippen LogP contribution >= 0.6 is 12.4 Å². The molecule has 4 fully saturated rings. The predicted octanol–water partition coefficient (Wildman–Crippen LogP) is 5.60. The van der Waals surface area contributed by atoms with Gasteiger partial charge in [-0.3, -0.25) is 9.78 Å². The molecule has 0 amide bonds. The summed E-state index contributed by atoms with van der Waals surface area (Å²) in [6.45, 7) is 2.07. The second kappa shape index (κ2) is 6.94. The summed E-state index contributed by atoms with van der Waals surface area (Å²) in [4.78, 5) is 17.8. The van der Waals surface area contributed by atoms with Gasteiger partial charge in [-0.05, 0) is 75.3 Å². The first-order valence-corrected chi connectivity index (χ1v) is 9.86. The Morgan fingerprint density at radius 1 is 1.00 bits per heavy atom. The number of aryl methyl sites for hydroxylation is 1. The minimum absolute atomic E-state index is 0. The molecule has 1 aromatic heterocycles. The number of halogens is 1. The molecular formula is C23H26ClNO2. The molecular weight excluding hydrogens is 358 g/mol. The van der Waals surface area contributed by atoms with Crippen LogP contribution < -0.4 is 4.74 Å². The van der Waals surface area contributed by atoms with Gasteiger partial charge in [-0.2, -0.15) is 0 Å². The Labute approximate surface area is 166 Å². The fourth-order valence-electron chi connectivity index (χ4n) is 5.97. The third-order valence-corrected chi connectivity index (χ3v) is 6.77. The van der Waals surface area contributed by atoms with Crippen molar-refractivity contribution in [3.05, 3.63) is 48.2 Å². The van der Waals surface area contributed by atoms with E-state index in [0.29, 0.717) is 5.75 Å². The second-order valence-electron chi connectivity index (χ2n) is 8.80. The van der Waals surface area contributed by atoms with E-state index < -0.39 is 0 Å². The average Bonchev–Trinajstić information content (AvgIpc) is 2.62. The number of aromatic nitrogens is 1. The van der Waals surface area contributed by atoms with E-state index in [2.05, 4.69) is 24.0 Å². The van der Waals surface area contributed by atoms with E-state index in [1.807, 2.05) is 24.3 Å². The first-order valence-electron chi connectivity index (χ1n) is 9.86. The monoisotopic (exact) mass is 383 g/mol. The number of ether oxygens (including phenoxy) is 1. The largest absolute Gasteiger partial charge is 0.424 e. The molecule has 0 saturated heterocycles. The Kier molecular flexibility index (Phi) is 4.75. The van der Waals surface area contributed by atoms with Crippen molar-refractivity contribution in [1.82, 2.24) is 4.98 Å². The normalized spacial score (nSPS) is 30.6. The summed E-state index contributed by atoms with van der Waals surface area (Å²) in [7, 11) is 0. The van der Waals surface area contributed by atoms with Crippen molar-refractivity contribution in [2.45, 2.75) is 45.4 Å². The van der Waals surface area contributed by atoms with Crippen LogP contribution in [0.1, 0.15) is 44.1 Å². The second-order valence-corrected chi connectivity index (χ2v) is 8.80. The molecule has 142 valence electrons. The predicted molar refractivity (Wildman–Crippen MR) is 108 cm³/mol. The summed E-state index contributed by atoms with van der Waals surface area (Å²) in [5, 5.41) is 0. The molecule has 0 spiro atoms. The van der Waals surface area contributed by atoms with Gasteiger partial charge in [0.15, 0.2) is 5.75 Å². The van der Waals surface area contributed by atoms with Crippen LogP contribution in [-0.4, -0.2) is 11.0 Å². The Bertz CT molecular complexity index is 810. The number of carbonyl (C=O) groups is 1. The number of hydrogen-bond acceptors (Lipinski definition) is 3. The van der Waals surface area contributed by atoms with Gasteiger partial charge in [0.05, 0.1) is 5.41 Å². The fraction of sp³-hybridized carbons (Fsp3) is 0.478. The zero-order valence-corrected chi connectivity index (χ0v) is 16.5. The van der Waals surface area contributed by atoms with Gasteiger partial charge >= 0.3 is 5.97 Å². The van der Waals surface area contributed by atoms with Gasteiger partial charge < -0.3 is 4.74 Å². The number of pyridine rings is 1. The lowest BCUT2D eigenvalue weighted by Crippen LogP contribution is -2.51. The molecule has 3 nitrogen and oxygen atoms in total. The highest BCUT2D eigenvalue weighted by atomic mass is 35.5. The van der Waals surface area contributed by atoms with Crippen molar-refractivity contribution < 1.29 is 9.53 Å². The molecule has 4 saturated carbocycles. The topological polar surface area (TPSA) is 39.2 Å². The van der Waals surface area contributed by atoms with Gasteiger partial charge in [0.25, 0.3) is 0 Å². The van der Waals surface area contributed by atoms with Crippen molar-refractivity contribution in [2.24, 2.45) is 23.2 Å². The van der Waals surface area contributed by atoms with Crippen molar-refractivity contribution >= 4 is 18.4 Å². The van der Waals surface area contributed by atoms with E-state index in [-0.39, 0.29) is 23.8 Å². The van der Waals surface area contributed by atoms with Gasteiger partial charge in [-0.15, -0.1) is 12.4 Å². The first-order chi connectivity index (χ1) is 12.6. The van der Waals surface area contributed by atoms with Gasteiger partial charge in [-0.1, -0.05) is 29.8 Å². The maximum Gasteiger partial charge on any atom is 0.317 e. The SMILES string of the molecule is Cc1ccc(-c2ncccc2OC(=O)C23CC4CC(CC(C4)C2)C3)cc1.Cl. The van der Waals surface area contributed by atoms with Crippen LogP contribution in [0, 0.1) is 30.1 Å². The summed E-state index contributed by atoms with van der Waals surface area (Å²) in [6, 6.07) is 11.9. The van der Waals surface area contributed by atoms with Crippen LogP contribution in [0.4, 0.5) is 0 Å². The van der Waals surface area contributed by atoms with E-state index >= 15 is 0 Å². The van der Waals surface area contributed by atoms with E-state index in [1.54, 1.807) is 6.20 Å². The molecule has 1 aromatic carbocycles. The molecule has 0 aliphatic heterocycles. The third-order valence-electron chi connectivity index (χ3n) is 6.77. The van der Waals surface area contributed by atoms with Crippen molar-refractivity contribution in [3.8, 4) is 17.0 Å². The maximum atomic E-state index is 13.3. The molecule has 4 bridgehead atoms. The lowest BCUT2D eigenvalue weighted by molar-refractivity contribution is -0.161. The highest BCUT2D eigenvalue weighted by molar-refractivity contribution is 5.85. The highest BCUT2D eigenvalue weighted by Gasteiger charge is 2.55. The number of carbonyl (C=O) groups excluding carboxylic acids is 1. The minimum atomic E-state index is -0.241. The van der Waals surface area contributed by atoms with Gasteiger partial charge in [0.1, 0.15) is 5.69 Å². The summed E-state index contributed by atoms with van der Waals surface area (Å²) < 4.78 is 6.01. The Morgan fingerprint density at radius 3 is 2.19 bits per heavy atom. The van der Waals surface area contributed by atoms with Crippen LogP contribution in [0.2, 0.25) is 0 Å². The summed E-state index contributed by atoms with van der Waals surface area (Å²) in [5.74, 6) is 2.79. The van der Waals surface area contributed by atoms with Crippen molar-refractivity contribution in [2.75, 3.05) is 0 Å². The number of nitrogens with zero attached hydrogens (tertiary/aromatic N) is 1. The Hall–Kier alpha value is -1.87. The molecule has 0 radical (unpaired) electrons. The van der Waals surface area contributed by atoms with E-state index in [0.717, 1.165) is 48.3 Å². The molecule has 0 N–H and O–H groups in total. The van der Waals surface area contributed by atoms with Crippen LogP contribution in [-0.2, 0) is 4.79 Å². The van der Waals surface area contributed by atoms with Crippen molar-refractivity contribution in [3.63, 3.8) is 0 Å². The quantitative estimate of drug-likeness (QED) is 0.647. The van der Waals surface area contributed by atoms with Crippen LogP contribution in [0.3, 0.4) is 0 Å². The molecule has 4 aliphatic rings. The summed E-state index contributed by atoms with van der Waals surface area (Å²) in [6.07, 6.45) is 8.82. The average molecular weight is 384 g/mol. The minimum Gasteiger partial charge on any atom is -0.424 e. The van der Waals surface area contributed by atoms with E-state index in [1.165, 1.54) is 24.8 Å². The van der Waals surface area contributed by atoms with E-state index in [4.69, 9.17) is 4.74 Å². The lowest BCUT2D eigenvalue weighted by atomic mass is 9.49.